The van der Waals surface area contributed by atoms with E-state index in [4.69, 9.17) is 0 Å². The first-order valence-electron chi connectivity index (χ1n) is 8.86. The number of hydrogen-bond acceptors (Lipinski definition) is 1. The minimum absolute atomic E-state index is 0.799. The van der Waals surface area contributed by atoms with Gasteiger partial charge in [0.25, 0.3) is 0 Å². The van der Waals surface area contributed by atoms with Crippen molar-refractivity contribution in [1.29, 1.82) is 0 Å². The highest BCUT2D eigenvalue weighted by atomic mass is 15.3. The van der Waals surface area contributed by atoms with Gasteiger partial charge >= 0.3 is 0 Å². The van der Waals surface area contributed by atoms with Crippen molar-refractivity contribution in [2.75, 3.05) is 20.1 Å². The maximum Gasteiger partial charge on any atom is 0.193 e. The molecule has 4 heteroatoms. The Bertz CT molecular complexity index is 655. The molecule has 2 fully saturated rings. The molecule has 2 N–H and O–H groups in total. The largest absolute Gasteiger partial charge is 0.357 e. The van der Waals surface area contributed by atoms with Crippen molar-refractivity contribution in [2.45, 2.75) is 32.2 Å². The average molecular weight is 310 g/mol. The molecule has 2 heterocycles. The van der Waals surface area contributed by atoms with Crippen LogP contribution in [0.1, 0.15) is 31.4 Å². The monoisotopic (exact) mass is 310 g/mol. The number of para-hydroxylation sites is 1. The maximum atomic E-state index is 4.51. The molecule has 1 aromatic carbocycles. The molecule has 0 spiro atoms. The minimum Gasteiger partial charge on any atom is -0.357 e. The molecule has 0 radical (unpaired) electrons. The normalized spacial score (nSPS) is 24.9. The van der Waals surface area contributed by atoms with E-state index in [0.29, 0.717) is 0 Å². The van der Waals surface area contributed by atoms with Crippen LogP contribution in [-0.4, -0.2) is 36.0 Å². The number of guanidine groups is 1. The standard InChI is InChI=1S/C19H26N4/c1-20-19(23-12-15-7-2-3-8-16(15)13-23)21-11-17-10-14-6-4-5-9-18(14)22-17/h4-6,9-10,15-16,22H,2-3,7-8,11-13H2,1H3,(H,20,21). The number of aliphatic imine (C=N–C) groups is 1. The van der Waals surface area contributed by atoms with Crippen molar-refractivity contribution in [3.63, 3.8) is 0 Å². The summed E-state index contributed by atoms with van der Waals surface area (Å²) in [6.45, 7) is 3.15. The van der Waals surface area contributed by atoms with Crippen LogP contribution in [0.3, 0.4) is 0 Å². The second-order valence-corrected chi connectivity index (χ2v) is 6.99. The van der Waals surface area contributed by atoms with Gasteiger partial charge in [-0.2, -0.15) is 0 Å². The first-order chi connectivity index (χ1) is 11.3. The lowest BCUT2D eigenvalue weighted by atomic mass is 9.82. The van der Waals surface area contributed by atoms with E-state index in [9.17, 15) is 0 Å². The summed E-state index contributed by atoms with van der Waals surface area (Å²) in [5.74, 6) is 2.82. The van der Waals surface area contributed by atoms with Crippen LogP contribution >= 0.6 is 0 Å². The Morgan fingerprint density at radius 3 is 2.65 bits per heavy atom. The van der Waals surface area contributed by atoms with Gasteiger partial charge in [-0.3, -0.25) is 4.99 Å². The lowest BCUT2D eigenvalue weighted by Crippen LogP contribution is -2.39. The summed E-state index contributed by atoms with van der Waals surface area (Å²) in [5.41, 5.74) is 2.41. The Hall–Kier alpha value is -1.97. The zero-order valence-electron chi connectivity index (χ0n) is 13.9. The fourth-order valence-corrected chi connectivity index (χ4v) is 4.31. The third kappa shape index (κ3) is 2.94. The van der Waals surface area contributed by atoms with Crippen LogP contribution < -0.4 is 5.32 Å². The first-order valence-corrected chi connectivity index (χ1v) is 8.86. The fourth-order valence-electron chi connectivity index (χ4n) is 4.31. The topological polar surface area (TPSA) is 43.4 Å². The van der Waals surface area contributed by atoms with Crippen molar-refractivity contribution in [3.05, 3.63) is 36.0 Å². The van der Waals surface area contributed by atoms with Gasteiger partial charge in [0.1, 0.15) is 0 Å². The number of aromatic amines is 1. The predicted molar refractivity (Wildman–Crippen MR) is 95.5 cm³/mol. The first kappa shape index (κ1) is 14.6. The Morgan fingerprint density at radius 1 is 1.22 bits per heavy atom. The zero-order valence-corrected chi connectivity index (χ0v) is 13.9. The van der Waals surface area contributed by atoms with E-state index in [2.05, 4.69) is 50.5 Å². The van der Waals surface area contributed by atoms with Crippen molar-refractivity contribution in [3.8, 4) is 0 Å². The molecule has 2 aliphatic rings. The molecule has 1 saturated heterocycles. The highest BCUT2D eigenvalue weighted by Crippen LogP contribution is 2.35. The second-order valence-electron chi connectivity index (χ2n) is 6.99. The summed E-state index contributed by atoms with van der Waals surface area (Å²) in [6.07, 6.45) is 5.63. The molecule has 1 aromatic heterocycles. The maximum absolute atomic E-state index is 4.51. The highest BCUT2D eigenvalue weighted by Gasteiger charge is 2.35. The van der Waals surface area contributed by atoms with E-state index in [-0.39, 0.29) is 0 Å². The number of likely N-dealkylation sites (tertiary alicyclic amines) is 1. The molecular weight excluding hydrogens is 284 g/mol. The van der Waals surface area contributed by atoms with Gasteiger partial charge in [0.05, 0.1) is 6.54 Å². The molecule has 2 unspecified atom stereocenters. The van der Waals surface area contributed by atoms with Crippen molar-refractivity contribution in [2.24, 2.45) is 16.8 Å². The lowest BCUT2D eigenvalue weighted by molar-refractivity contribution is 0.299. The van der Waals surface area contributed by atoms with Gasteiger partial charge in [0.2, 0.25) is 0 Å². The summed E-state index contributed by atoms with van der Waals surface area (Å²) >= 11 is 0. The highest BCUT2D eigenvalue weighted by molar-refractivity contribution is 5.82. The number of rotatable bonds is 2. The van der Waals surface area contributed by atoms with Crippen LogP contribution in [-0.2, 0) is 6.54 Å². The molecule has 1 aliphatic heterocycles. The summed E-state index contributed by atoms with van der Waals surface area (Å²) < 4.78 is 0. The van der Waals surface area contributed by atoms with Gasteiger partial charge in [-0.25, -0.2) is 0 Å². The van der Waals surface area contributed by atoms with E-state index in [1.54, 1.807) is 0 Å². The van der Waals surface area contributed by atoms with Gasteiger partial charge in [-0.05, 0) is 42.2 Å². The minimum atomic E-state index is 0.799. The van der Waals surface area contributed by atoms with E-state index in [1.807, 2.05) is 7.05 Å². The van der Waals surface area contributed by atoms with Crippen LogP contribution in [0.5, 0.6) is 0 Å². The SMILES string of the molecule is CN=C(NCc1cc2ccccc2[nH]1)N1CC2CCCCC2C1. The van der Waals surface area contributed by atoms with E-state index in [1.165, 1.54) is 55.4 Å². The molecule has 0 amide bonds. The zero-order chi connectivity index (χ0) is 15.6. The summed E-state index contributed by atoms with van der Waals surface area (Å²) in [5, 5.41) is 4.81. The number of hydrogen-bond donors (Lipinski definition) is 2. The van der Waals surface area contributed by atoms with Crippen molar-refractivity contribution >= 4 is 16.9 Å². The van der Waals surface area contributed by atoms with Gasteiger partial charge in [0, 0.05) is 31.3 Å². The predicted octanol–water partition coefficient (Wildman–Crippen LogP) is 3.37. The van der Waals surface area contributed by atoms with E-state index in [0.717, 1.165) is 24.3 Å². The van der Waals surface area contributed by atoms with E-state index < -0.39 is 0 Å². The third-order valence-electron chi connectivity index (χ3n) is 5.51. The number of H-pyrrole nitrogens is 1. The Kier molecular flexibility index (Phi) is 3.98. The van der Waals surface area contributed by atoms with Crippen LogP contribution in [0.25, 0.3) is 10.9 Å². The molecule has 1 saturated carbocycles. The number of nitrogens with zero attached hydrogens (tertiary/aromatic N) is 2. The van der Waals surface area contributed by atoms with Gasteiger partial charge < -0.3 is 15.2 Å². The summed E-state index contributed by atoms with van der Waals surface area (Å²) in [4.78, 5) is 10.5. The summed E-state index contributed by atoms with van der Waals surface area (Å²) in [6, 6.07) is 10.6. The third-order valence-corrected chi connectivity index (χ3v) is 5.51. The van der Waals surface area contributed by atoms with E-state index >= 15 is 0 Å². The molecule has 4 nitrogen and oxygen atoms in total. The molecule has 23 heavy (non-hydrogen) atoms. The van der Waals surface area contributed by atoms with Crippen LogP contribution in [0.4, 0.5) is 0 Å². The number of nitrogens with one attached hydrogen (secondary N) is 2. The smallest absolute Gasteiger partial charge is 0.193 e. The number of fused-ring (bicyclic) bond motifs is 2. The second kappa shape index (κ2) is 6.26. The lowest BCUT2D eigenvalue weighted by Gasteiger charge is -2.22. The molecular formula is C19H26N4. The van der Waals surface area contributed by atoms with Gasteiger partial charge in [-0.1, -0.05) is 31.0 Å². The van der Waals surface area contributed by atoms with Gasteiger partial charge in [0.15, 0.2) is 5.96 Å². The number of benzene rings is 1. The quantitative estimate of drug-likeness (QED) is 0.660. The molecule has 4 rings (SSSR count). The Morgan fingerprint density at radius 2 is 1.96 bits per heavy atom. The summed E-state index contributed by atoms with van der Waals surface area (Å²) in [7, 11) is 1.90. The Labute approximate surface area is 138 Å². The van der Waals surface area contributed by atoms with Crippen LogP contribution in [0.2, 0.25) is 0 Å². The van der Waals surface area contributed by atoms with Gasteiger partial charge in [-0.15, -0.1) is 0 Å². The van der Waals surface area contributed by atoms with Crippen LogP contribution in [0, 0.1) is 11.8 Å². The van der Waals surface area contributed by atoms with Crippen molar-refractivity contribution in [1.82, 2.24) is 15.2 Å². The molecule has 0 bridgehead atoms. The average Bonchev–Trinajstić information content (AvgIpc) is 3.18. The van der Waals surface area contributed by atoms with Crippen molar-refractivity contribution < 1.29 is 0 Å². The molecule has 2 aromatic rings. The van der Waals surface area contributed by atoms with Crippen LogP contribution in [0.15, 0.2) is 35.3 Å². The molecule has 122 valence electrons. The molecule has 2 atom stereocenters. The number of aromatic nitrogens is 1. The Balaban J connectivity index is 1.40. The fraction of sp³-hybridized carbons (Fsp3) is 0.526. The molecule has 1 aliphatic carbocycles.